The van der Waals surface area contributed by atoms with Crippen molar-refractivity contribution < 1.29 is 9.53 Å². The second-order valence-corrected chi connectivity index (χ2v) is 8.36. The van der Waals surface area contributed by atoms with Crippen molar-refractivity contribution in [2.45, 2.75) is 6.61 Å². The Labute approximate surface area is 201 Å². The summed E-state index contributed by atoms with van der Waals surface area (Å²) in [5, 5.41) is 3.28. The molecule has 0 aliphatic rings. The zero-order valence-corrected chi connectivity index (χ0v) is 20.2. The zero-order valence-electron chi connectivity index (χ0n) is 20.2. The maximum Gasteiger partial charge on any atom is 0.222 e. The molecule has 3 aromatic rings. The third-order valence-corrected chi connectivity index (χ3v) is 4.91. The first-order valence-corrected chi connectivity index (χ1v) is 11.0. The number of nitrogens with one attached hydrogen (secondary N) is 1. The quantitative estimate of drug-likeness (QED) is 0.331. The summed E-state index contributed by atoms with van der Waals surface area (Å²) < 4.78 is 6.14. The molecule has 0 atom stereocenters. The Morgan fingerprint density at radius 3 is 2.53 bits per heavy atom. The number of allylic oxidation sites excluding steroid dienone is 1. The summed E-state index contributed by atoms with van der Waals surface area (Å²) in [6.07, 6.45) is 3.25. The number of ether oxygens (including phenoxy) is 1. The lowest BCUT2D eigenvalue weighted by molar-refractivity contribution is 0.104. The topological polar surface area (TPSA) is 96.6 Å². The predicted octanol–water partition coefficient (Wildman–Crippen LogP) is 3.54. The normalized spacial score (nSPS) is 11.1. The first-order chi connectivity index (χ1) is 16.3. The molecule has 3 rings (SSSR count). The number of nitrogens with zero attached hydrogens (tertiary/aromatic N) is 4. The van der Waals surface area contributed by atoms with E-state index in [0.717, 1.165) is 12.1 Å². The highest BCUT2D eigenvalue weighted by Gasteiger charge is 2.15. The molecule has 0 unspecified atom stereocenters. The molecule has 178 valence electrons. The van der Waals surface area contributed by atoms with Gasteiger partial charge in [-0.25, -0.2) is 4.98 Å². The average molecular weight is 461 g/mol. The Kier molecular flexibility index (Phi) is 8.59. The molecule has 0 radical (unpaired) electrons. The molecule has 0 spiro atoms. The van der Waals surface area contributed by atoms with Gasteiger partial charge in [0.2, 0.25) is 5.95 Å². The highest BCUT2D eigenvalue weighted by Crippen LogP contribution is 2.32. The number of rotatable bonds is 11. The van der Waals surface area contributed by atoms with Crippen LogP contribution in [-0.4, -0.2) is 66.8 Å². The van der Waals surface area contributed by atoms with Crippen molar-refractivity contribution in [2.24, 2.45) is 0 Å². The summed E-state index contributed by atoms with van der Waals surface area (Å²) in [4.78, 5) is 25.4. The van der Waals surface area contributed by atoms with Crippen LogP contribution in [0, 0.1) is 0 Å². The number of ketones is 1. The first-order valence-electron chi connectivity index (χ1n) is 11.0. The summed E-state index contributed by atoms with van der Waals surface area (Å²) in [5.41, 5.74) is 8.84. The van der Waals surface area contributed by atoms with Gasteiger partial charge in [-0.3, -0.25) is 4.79 Å². The largest absolute Gasteiger partial charge is 0.488 e. The number of hydrogen-bond donors (Lipinski definition) is 2. The van der Waals surface area contributed by atoms with Gasteiger partial charge in [-0.2, -0.15) is 4.98 Å². The van der Waals surface area contributed by atoms with Gasteiger partial charge in [-0.15, -0.1) is 0 Å². The zero-order chi connectivity index (χ0) is 24.5. The van der Waals surface area contributed by atoms with Crippen molar-refractivity contribution >= 4 is 17.5 Å². The van der Waals surface area contributed by atoms with E-state index in [4.69, 9.17) is 10.5 Å². The van der Waals surface area contributed by atoms with E-state index in [0.29, 0.717) is 41.5 Å². The van der Waals surface area contributed by atoms with Gasteiger partial charge in [0, 0.05) is 56.7 Å². The van der Waals surface area contributed by atoms with Crippen LogP contribution in [0.2, 0.25) is 0 Å². The number of anilines is 2. The number of nitrogens with two attached hydrogens (primary N) is 1. The highest BCUT2D eigenvalue weighted by atomic mass is 16.5. The average Bonchev–Trinajstić information content (AvgIpc) is 2.81. The van der Waals surface area contributed by atoms with E-state index in [1.807, 2.05) is 69.5 Å². The second-order valence-electron chi connectivity index (χ2n) is 8.36. The third kappa shape index (κ3) is 7.31. The Bertz CT molecular complexity index is 1130. The van der Waals surface area contributed by atoms with Gasteiger partial charge in [0.1, 0.15) is 18.2 Å². The maximum absolute atomic E-state index is 12.7. The minimum atomic E-state index is -0.115. The predicted molar refractivity (Wildman–Crippen MR) is 137 cm³/mol. The number of hydrogen-bond acceptors (Lipinski definition) is 8. The van der Waals surface area contributed by atoms with E-state index < -0.39 is 0 Å². The Hall–Kier alpha value is -3.91. The molecule has 1 aromatic heterocycles. The van der Waals surface area contributed by atoms with Gasteiger partial charge in [0.25, 0.3) is 0 Å². The Morgan fingerprint density at radius 1 is 1.06 bits per heavy atom. The molecule has 8 nitrogen and oxygen atoms in total. The van der Waals surface area contributed by atoms with E-state index in [2.05, 4.69) is 20.2 Å². The first kappa shape index (κ1) is 24.7. The number of benzene rings is 2. The molecule has 1 heterocycles. The van der Waals surface area contributed by atoms with Crippen LogP contribution in [0.15, 0.2) is 66.9 Å². The molecule has 34 heavy (non-hydrogen) atoms. The molecule has 0 bridgehead atoms. The molecule has 0 aliphatic carbocycles. The lowest BCUT2D eigenvalue weighted by atomic mass is 10.0. The molecule has 0 amide bonds. The molecule has 2 aromatic carbocycles. The van der Waals surface area contributed by atoms with E-state index in [9.17, 15) is 4.79 Å². The highest BCUT2D eigenvalue weighted by molar-refractivity contribution is 6.05. The molecular formula is C26H32N6O2. The van der Waals surface area contributed by atoms with Crippen molar-refractivity contribution in [1.29, 1.82) is 0 Å². The maximum atomic E-state index is 12.7. The lowest BCUT2D eigenvalue weighted by Crippen LogP contribution is -2.21. The summed E-state index contributed by atoms with van der Waals surface area (Å²) in [6, 6.07) is 17.1. The monoisotopic (exact) mass is 460 g/mol. The van der Waals surface area contributed by atoms with Crippen LogP contribution in [0.5, 0.6) is 5.75 Å². The van der Waals surface area contributed by atoms with Gasteiger partial charge in [0.15, 0.2) is 5.78 Å². The van der Waals surface area contributed by atoms with Crippen molar-refractivity contribution in [3.05, 3.63) is 78.0 Å². The van der Waals surface area contributed by atoms with Crippen LogP contribution in [-0.2, 0) is 6.61 Å². The van der Waals surface area contributed by atoms with E-state index in [-0.39, 0.29) is 11.7 Å². The van der Waals surface area contributed by atoms with Gasteiger partial charge in [-0.05, 0) is 37.9 Å². The van der Waals surface area contributed by atoms with Crippen molar-refractivity contribution in [2.75, 3.05) is 52.3 Å². The second kappa shape index (κ2) is 11.8. The van der Waals surface area contributed by atoms with Gasteiger partial charge >= 0.3 is 0 Å². The van der Waals surface area contributed by atoms with Crippen LogP contribution in [0.1, 0.15) is 15.9 Å². The Balaban J connectivity index is 1.96. The molecule has 8 heteroatoms. The molecule has 3 N–H and O–H groups in total. The minimum Gasteiger partial charge on any atom is -0.488 e. The van der Waals surface area contributed by atoms with Crippen LogP contribution in [0.4, 0.5) is 11.8 Å². The van der Waals surface area contributed by atoms with Gasteiger partial charge in [0.05, 0.1) is 5.69 Å². The van der Waals surface area contributed by atoms with E-state index >= 15 is 0 Å². The van der Waals surface area contributed by atoms with Crippen LogP contribution < -0.4 is 15.8 Å². The molecule has 0 fully saturated rings. The standard InChI is InChI=1S/C26H32N6O2/c1-31(2)14-12-23(33)20-10-11-24(34-18-19-8-6-5-7-9-19)21(16-20)22-17-25(30-26(27)29-22)28-13-15-32(3)4/h5-12,14,16-17H,13,15,18H2,1-4H3,(H3,27,28,29,30)/b14-12+. The van der Waals surface area contributed by atoms with E-state index in [1.54, 1.807) is 24.4 Å². The fraction of sp³-hybridized carbons (Fsp3) is 0.269. The summed E-state index contributed by atoms with van der Waals surface area (Å²) in [7, 11) is 7.74. The van der Waals surface area contributed by atoms with E-state index in [1.165, 1.54) is 6.08 Å². The Morgan fingerprint density at radius 2 is 1.82 bits per heavy atom. The summed E-state index contributed by atoms with van der Waals surface area (Å²) in [5.74, 6) is 1.25. The van der Waals surface area contributed by atoms with Gasteiger partial charge in [-0.1, -0.05) is 30.3 Å². The molecule has 0 aliphatic heterocycles. The van der Waals surface area contributed by atoms with Crippen LogP contribution in [0.3, 0.4) is 0 Å². The number of likely N-dealkylation sites (N-methyl/N-ethyl adjacent to an activating group) is 1. The number of nitrogen functional groups attached to an aromatic ring is 1. The summed E-state index contributed by atoms with van der Waals surface area (Å²) >= 11 is 0. The number of aromatic nitrogens is 2. The van der Waals surface area contributed by atoms with Crippen molar-refractivity contribution in [1.82, 2.24) is 19.8 Å². The lowest BCUT2D eigenvalue weighted by Gasteiger charge is -2.15. The molecule has 0 saturated carbocycles. The smallest absolute Gasteiger partial charge is 0.222 e. The van der Waals surface area contributed by atoms with Gasteiger partial charge < -0.3 is 25.6 Å². The van der Waals surface area contributed by atoms with Crippen molar-refractivity contribution in [3.8, 4) is 17.0 Å². The van der Waals surface area contributed by atoms with Crippen molar-refractivity contribution in [3.63, 3.8) is 0 Å². The minimum absolute atomic E-state index is 0.115. The fourth-order valence-electron chi connectivity index (χ4n) is 3.16. The third-order valence-electron chi connectivity index (χ3n) is 4.91. The fourth-order valence-corrected chi connectivity index (χ4v) is 3.16. The molecule has 0 saturated heterocycles. The van der Waals surface area contributed by atoms with Crippen LogP contribution in [0.25, 0.3) is 11.3 Å². The summed E-state index contributed by atoms with van der Waals surface area (Å²) in [6.45, 7) is 1.93. The van der Waals surface area contributed by atoms with Crippen LogP contribution >= 0.6 is 0 Å². The molecular weight excluding hydrogens is 428 g/mol. The SMILES string of the molecule is CN(C)/C=C/C(=O)c1ccc(OCc2ccccc2)c(-c2cc(NCCN(C)C)nc(N)n2)c1. The number of carbonyl (C=O) groups excluding carboxylic acids is 1. The number of carbonyl (C=O) groups is 1.